The van der Waals surface area contributed by atoms with Crippen LogP contribution in [0.5, 0.6) is 5.75 Å². The number of halogens is 2. The first-order valence-electron chi connectivity index (χ1n) is 8.75. The highest BCUT2D eigenvalue weighted by molar-refractivity contribution is 7.71. The standard InChI is InChI=1S/C18H20ClFN4O5S/c1-9(2)8-21-29-15(25)10(3)28-14-7-13(12(20)6-11(14)19)24-16(26)22(4)18(30)23(5)17(24)27/h6-10H,1-5H3/b21-8+. The molecule has 0 aliphatic heterocycles. The van der Waals surface area contributed by atoms with Gasteiger partial charge in [-0.1, -0.05) is 30.6 Å². The maximum absolute atomic E-state index is 14.6. The zero-order chi connectivity index (χ0) is 22.7. The van der Waals surface area contributed by atoms with Gasteiger partial charge in [0, 0.05) is 26.4 Å². The van der Waals surface area contributed by atoms with Crippen LogP contribution >= 0.6 is 23.8 Å². The molecule has 1 aromatic carbocycles. The van der Waals surface area contributed by atoms with E-state index in [9.17, 15) is 18.8 Å². The maximum Gasteiger partial charge on any atom is 0.374 e. The van der Waals surface area contributed by atoms with Gasteiger partial charge in [0.2, 0.25) is 0 Å². The molecule has 2 aromatic rings. The van der Waals surface area contributed by atoms with Crippen LogP contribution in [0.25, 0.3) is 5.69 Å². The molecule has 0 amide bonds. The van der Waals surface area contributed by atoms with E-state index in [-0.39, 0.29) is 21.5 Å². The molecule has 0 saturated carbocycles. The van der Waals surface area contributed by atoms with Gasteiger partial charge in [-0.15, -0.1) is 0 Å². The van der Waals surface area contributed by atoms with E-state index in [1.165, 1.54) is 27.2 Å². The molecule has 1 atom stereocenters. The fraction of sp³-hybridized carbons (Fsp3) is 0.389. The number of aromatic nitrogens is 3. The van der Waals surface area contributed by atoms with Gasteiger partial charge >= 0.3 is 17.3 Å². The largest absolute Gasteiger partial charge is 0.477 e. The first kappa shape index (κ1) is 23.5. The smallest absolute Gasteiger partial charge is 0.374 e. The van der Waals surface area contributed by atoms with Crippen molar-refractivity contribution in [1.29, 1.82) is 0 Å². The van der Waals surface area contributed by atoms with Crippen molar-refractivity contribution in [1.82, 2.24) is 13.7 Å². The number of benzene rings is 1. The molecule has 1 unspecified atom stereocenters. The fourth-order valence-electron chi connectivity index (χ4n) is 2.27. The zero-order valence-electron chi connectivity index (χ0n) is 16.9. The molecule has 0 bridgehead atoms. The second kappa shape index (κ2) is 9.35. The number of rotatable bonds is 6. The Kier molecular flexibility index (Phi) is 7.32. The predicted octanol–water partition coefficient (Wildman–Crippen LogP) is 2.35. The SMILES string of the molecule is CC(C)/C=N/OC(=O)C(C)Oc1cc(-n2c(=O)n(C)c(=S)n(C)c2=O)c(F)cc1Cl. The lowest BCUT2D eigenvalue weighted by Crippen LogP contribution is -2.43. The van der Waals surface area contributed by atoms with Crippen LogP contribution in [0.3, 0.4) is 0 Å². The number of carbonyl (C=O) groups excluding carboxylic acids is 1. The Labute approximate surface area is 180 Å². The van der Waals surface area contributed by atoms with Crippen molar-refractivity contribution in [3.8, 4) is 11.4 Å². The minimum atomic E-state index is -1.16. The number of hydrogen-bond acceptors (Lipinski definition) is 7. The zero-order valence-corrected chi connectivity index (χ0v) is 18.5. The molecule has 2 rings (SSSR count). The minimum Gasteiger partial charge on any atom is -0.477 e. The summed E-state index contributed by atoms with van der Waals surface area (Å²) in [7, 11) is 2.70. The van der Waals surface area contributed by atoms with E-state index >= 15 is 0 Å². The van der Waals surface area contributed by atoms with Gasteiger partial charge < -0.3 is 9.57 Å². The number of ether oxygens (including phenoxy) is 1. The van der Waals surface area contributed by atoms with E-state index in [1.54, 1.807) is 0 Å². The molecular weight excluding hydrogens is 439 g/mol. The molecule has 0 N–H and O–H groups in total. The lowest BCUT2D eigenvalue weighted by molar-refractivity contribution is -0.151. The Bertz CT molecular complexity index is 1140. The third kappa shape index (κ3) is 4.85. The summed E-state index contributed by atoms with van der Waals surface area (Å²) in [6.45, 7) is 5.08. The summed E-state index contributed by atoms with van der Waals surface area (Å²) < 4.78 is 22.6. The third-order valence-corrected chi connectivity index (χ3v) is 4.75. The Balaban J connectivity index is 2.48. The second-order valence-corrected chi connectivity index (χ2v) is 7.48. The van der Waals surface area contributed by atoms with Crippen LogP contribution in [0.1, 0.15) is 20.8 Å². The summed E-state index contributed by atoms with van der Waals surface area (Å²) in [5.41, 5.74) is -2.12. The van der Waals surface area contributed by atoms with Crippen molar-refractivity contribution in [3.63, 3.8) is 0 Å². The quantitative estimate of drug-likeness (QED) is 0.285. The van der Waals surface area contributed by atoms with Crippen LogP contribution in [-0.4, -0.2) is 32.0 Å². The highest BCUT2D eigenvalue weighted by Gasteiger charge is 2.22. The van der Waals surface area contributed by atoms with E-state index < -0.39 is 35.0 Å². The highest BCUT2D eigenvalue weighted by atomic mass is 35.5. The summed E-state index contributed by atoms with van der Waals surface area (Å²) in [4.78, 5) is 41.8. The van der Waals surface area contributed by atoms with Crippen molar-refractivity contribution in [3.05, 3.63) is 48.7 Å². The normalized spacial score (nSPS) is 12.4. The summed E-state index contributed by atoms with van der Waals surface area (Å²) >= 11 is 11.0. The van der Waals surface area contributed by atoms with Gasteiger partial charge in [0.15, 0.2) is 10.9 Å². The van der Waals surface area contributed by atoms with E-state index in [0.717, 1.165) is 21.3 Å². The Morgan fingerprint density at radius 2 is 1.77 bits per heavy atom. The average molecular weight is 459 g/mol. The van der Waals surface area contributed by atoms with Crippen LogP contribution in [0.2, 0.25) is 5.02 Å². The second-order valence-electron chi connectivity index (χ2n) is 6.70. The van der Waals surface area contributed by atoms with E-state index in [4.69, 9.17) is 33.4 Å². The van der Waals surface area contributed by atoms with Crippen molar-refractivity contribution < 1.29 is 18.8 Å². The van der Waals surface area contributed by atoms with Crippen LogP contribution in [0, 0.1) is 16.5 Å². The first-order valence-corrected chi connectivity index (χ1v) is 9.53. The van der Waals surface area contributed by atoms with Gasteiger partial charge in [-0.25, -0.2) is 23.3 Å². The summed E-state index contributed by atoms with van der Waals surface area (Å²) in [6.07, 6.45) is 0.273. The molecule has 0 fully saturated rings. The van der Waals surface area contributed by atoms with E-state index in [0.29, 0.717) is 4.57 Å². The number of carbonyl (C=O) groups is 1. The van der Waals surface area contributed by atoms with Gasteiger partial charge in [-0.05, 0) is 31.1 Å². The molecule has 1 aromatic heterocycles. The van der Waals surface area contributed by atoms with Gasteiger partial charge in [0.05, 0.1) is 10.7 Å². The molecule has 0 spiro atoms. The molecule has 0 saturated heterocycles. The molecule has 0 aliphatic carbocycles. The van der Waals surface area contributed by atoms with Gasteiger partial charge in [0.25, 0.3) is 0 Å². The third-order valence-electron chi connectivity index (χ3n) is 3.91. The molecule has 9 nitrogen and oxygen atoms in total. The first-order chi connectivity index (χ1) is 14.0. The molecule has 0 radical (unpaired) electrons. The Morgan fingerprint density at radius 1 is 1.20 bits per heavy atom. The average Bonchev–Trinajstić information content (AvgIpc) is 2.67. The van der Waals surface area contributed by atoms with E-state index in [2.05, 4.69) is 5.16 Å². The van der Waals surface area contributed by atoms with Crippen molar-refractivity contribution in [2.75, 3.05) is 0 Å². The van der Waals surface area contributed by atoms with Crippen LogP contribution in [0.15, 0.2) is 26.9 Å². The lowest BCUT2D eigenvalue weighted by Gasteiger charge is -2.16. The summed E-state index contributed by atoms with van der Waals surface area (Å²) in [6, 6.07) is 1.92. The van der Waals surface area contributed by atoms with Crippen LogP contribution < -0.4 is 16.1 Å². The lowest BCUT2D eigenvalue weighted by atomic mass is 10.2. The molecule has 162 valence electrons. The monoisotopic (exact) mass is 458 g/mol. The predicted molar refractivity (Wildman–Crippen MR) is 112 cm³/mol. The van der Waals surface area contributed by atoms with Gasteiger partial charge in [0.1, 0.15) is 11.6 Å². The van der Waals surface area contributed by atoms with Gasteiger partial charge in [-0.3, -0.25) is 9.13 Å². The minimum absolute atomic E-state index is 0.0367. The number of hydrogen-bond donors (Lipinski definition) is 0. The summed E-state index contributed by atoms with van der Waals surface area (Å²) in [5, 5.41) is 3.37. The number of nitrogens with zero attached hydrogens (tertiary/aromatic N) is 4. The number of oxime groups is 1. The maximum atomic E-state index is 14.6. The molecular formula is C18H20ClFN4O5S. The molecule has 30 heavy (non-hydrogen) atoms. The van der Waals surface area contributed by atoms with Crippen molar-refractivity contribution >= 4 is 36.0 Å². The van der Waals surface area contributed by atoms with Gasteiger partial charge in [-0.2, -0.15) is 0 Å². The molecule has 12 heteroatoms. The summed E-state index contributed by atoms with van der Waals surface area (Å²) in [5.74, 6) is -1.82. The fourth-order valence-corrected chi connectivity index (χ4v) is 2.62. The Hall–Kier alpha value is -2.79. The van der Waals surface area contributed by atoms with Crippen LogP contribution in [-0.2, 0) is 23.7 Å². The molecule has 0 aliphatic rings. The Morgan fingerprint density at radius 3 is 2.30 bits per heavy atom. The topological polar surface area (TPSA) is 96.8 Å². The highest BCUT2D eigenvalue weighted by Crippen LogP contribution is 2.30. The molecule has 1 heterocycles. The van der Waals surface area contributed by atoms with Crippen molar-refractivity contribution in [2.24, 2.45) is 25.2 Å². The van der Waals surface area contributed by atoms with Crippen LogP contribution in [0.4, 0.5) is 4.39 Å². The van der Waals surface area contributed by atoms with E-state index in [1.807, 2.05) is 13.8 Å². The van der Waals surface area contributed by atoms with Crippen molar-refractivity contribution in [2.45, 2.75) is 26.9 Å².